The number of nitrogens with one attached hydrogen (secondary N) is 1. The van der Waals surface area contributed by atoms with Gasteiger partial charge >= 0.3 is 0 Å². The molecule has 2 heterocycles. The number of rotatable bonds is 4. The van der Waals surface area contributed by atoms with E-state index in [1.165, 1.54) is 56.6 Å². The minimum atomic E-state index is 0.478. The molecule has 0 aliphatic carbocycles. The van der Waals surface area contributed by atoms with Crippen LogP contribution in [0.5, 0.6) is 0 Å². The van der Waals surface area contributed by atoms with E-state index in [2.05, 4.69) is 30.9 Å². The zero-order valence-electron chi connectivity index (χ0n) is 10.9. The Labute approximate surface area is 105 Å². The van der Waals surface area contributed by atoms with Crippen LogP contribution >= 0.6 is 11.8 Å². The van der Waals surface area contributed by atoms with E-state index in [0.29, 0.717) is 5.54 Å². The van der Waals surface area contributed by atoms with Crippen molar-refractivity contribution in [2.75, 3.05) is 18.1 Å². The van der Waals surface area contributed by atoms with Crippen LogP contribution in [-0.4, -0.2) is 23.6 Å². The monoisotopic (exact) mass is 241 g/mol. The SMILES string of the molecule is CC(C)C1(CCC2CCSC2)CCCCN1. The van der Waals surface area contributed by atoms with Gasteiger partial charge in [-0.2, -0.15) is 11.8 Å². The topological polar surface area (TPSA) is 12.0 Å². The minimum Gasteiger partial charge on any atom is -0.311 e. The first-order chi connectivity index (χ1) is 7.73. The highest BCUT2D eigenvalue weighted by molar-refractivity contribution is 7.99. The summed E-state index contributed by atoms with van der Waals surface area (Å²) in [5.41, 5.74) is 0.478. The molecule has 1 N–H and O–H groups in total. The summed E-state index contributed by atoms with van der Waals surface area (Å²) >= 11 is 2.16. The van der Waals surface area contributed by atoms with Crippen molar-refractivity contribution in [1.82, 2.24) is 5.32 Å². The van der Waals surface area contributed by atoms with E-state index in [4.69, 9.17) is 0 Å². The van der Waals surface area contributed by atoms with Crippen molar-refractivity contribution in [3.63, 3.8) is 0 Å². The van der Waals surface area contributed by atoms with Gasteiger partial charge in [0.25, 0.3) is 0 Å². The maximum Gasteiger partial charge on any atom is 0.0204 e. The van der Waals surface area contributed by atoms with E-state index in [1.54, 1.807) is 0 Å². The van der Waals surface area contributed by atoms with Crippen molar-refractivity contribution in [2.24, 2.45) is 11.8 Å². The van der Waals surface area contributed by atoms with Gasteiger partial charge in [-0.05, 0) is 62.0 Å². The van der Waals surface area contributed by atoms with Gasteiger partial charge in [0.1, 0.15) is 0 Å². The third-order valence-electron chi connectivity index (χ3n) is 4.65. The summed E-state index contributed by atoms with van der Waals surface area (Å²) in [6, 6.07) is 0. The van der Waals surface area contributed by atoms with Crippen molar-refractivity contribution < 1.29 is 0 Å². The summed E-state index contributed by atoms with van der Waals surface area (Å²) in [7, 11) is 0. The summed E-state index contributed by atoms with van der Waals surface area (Å²) in [5, 5.41) is 3.85. The fraction of sp³-hybridized carbons (Fsp3) is 1.00. The van der Waals surface area contributed by atoms with Gasteiger partial charge < -0.3 is 5.32 Å². The predicted octanol–water partition coefficient (Wildman–Crippen LogP) is 3.69. The van der Waals surface area contributed by atoms with Crippen LogP contribution in [0, 0.1) is 11.8 Å². The van der Waals surface area contributed by atoms with Crippen molar-refractivity contribution in [2.45, 2.75) is 57.9 Å². The summed E-state index contributed by atoms with van der Waals surface area (Å²) in [6.45, 7) is 6.06. The average molecular weight is 241 g/mol. The van der Waals surface area contributed by atoms with Crippen molar-refractivity contribution in [3.05, 3.63) is 0 Å². The molecule has 2 aliphatic heterocycles. The fourth-order valence-electron chi connectivity index (χ4n) is 3.26. The second-order valence-corrected chi connectivity index (χ2v) is 7.11. The van der Waals surface area contributed by atoms with E-state index >= 15 is 0 Å². The molecule has 0 spiro atoms. The highest BCUT2D eigenvalue weighted by Gasteiger charge is 2.35. The second kappa shape index (κ2) is 5.77. The number of piperidine rings is 1. The van der Waals surface area contributed by atoms with Crippen molar-refractivity contribution in [3.8, 4) is 0 Å². The Kier molecular flexibility index (Phi) is 4.60. The summed E-state index contributed by atoms with van der Waals surface area (Å²) < 4.78 is 0. The van der Waals surface area contributed by atoms with Gasteiger partial charge in [-0.1, -0.05) is 20.3 Å². The molecule has 0 amide bonds. The first-order valence-corrected chi connectivity index (χ1v) is 8.21. The molecule has 0 aromatic carbocycles. The standard InChI is InChI=1S/C14H27NS/c1-12(2)14(7-3-4-9-15-14)8-5-13-6-10-16-11-13/h12-13,15H,3-11H2,1-2H3. The van der Waals surface area contributed by atoms with Gasteiger partial charge in [0.15, 0.2) is 0 Å². The van der Waals surface area contributed by atoms with E-state index in [-0.39, 0.29) is 0 Å². The van der Waals surface area contributed by atoms with E-state index in [1.807, 2.05) is 0 Å². The maximum atomic E-state index is 3.85. The van der Waals surface area contributed by atoms with Gasteiger partial charge in [0, 0.05) is 5.54 Å². The first-order valence-electron chi connectivity index (χ1n) is 7.06. The molecule has 2 rings (SSSR count). The molecular weight excluding hydrogens is 214 g/mol. The highest BCUT2D eigenvalue weighted by atomic mass is 32.2. The lowest BCUT2D eigenvalue weighted by Gasteiger charge is -2.43. The quantitative estimate of drug-likeness (QED) is 0.805. The Morgan fingerprint density at radius 2 is 2.25 bits per heavy atom. The Balaban J connectivity index is 1.86. The molecule has 2 saturated heterocycles. The molecule has 2 fully saturated rings. The van der Waals surface area contributed by atoms with E-state index in [0.717, 1.165) is 11.8 Å². The fourth-order valence-corrected chi connectivity index (χ4v) is 4.59. The predicted molar refractivity (Wildman–Crippen MR) is 74.1 cm³/mol. The Hall–Kier alpha value is 0.310. The van der Waals surface area contributed by atoms with Crippen molar-refractivity contribution in [1.29, 1.82) is 0 Å². The lowest BCUT2D eigenvalue weighted by Crippen LogP contribution is -2.52. The average Bonchev–Trinajstić information content (AvgIpc) is 2.80. The molecule has 0 aromatic heterocycles. The Bertz CT molecular complexity index is 203. The smallest absolute Gasteiger partial charge is 0.0204 e. The summed E-state index contributed by atoms with van der Waals surface area (Å²) in [4.78, 5) is 0. The largest absolute Gasteiger partial charge is 0.311 e. The van der Waals surface area contributed by atoms with Gasteiger partial charge in [-0.3, -0.25) is 0 Å². The molecule has 2 heteroatoms. The van der Waals surface area contributed by atoms with Crippen LogP contribution in [0.25, 0.3) is 0 Å². The lowest BCUT2D eigenvalue weighted by atomic mass is 9.75. The second-order valence-electron chi connectivity index (χ2n) is 5.96. The molecule has 1 nitrogen and oxygen atoms in total. The summed E-state index contributed by atoms with van der Waals surface area (Å²) in [6.07, 6.45) is 8.57. The number of thioether (sulfide) groups is 1. The maximum absolute atomic E-state index is 3.85. The number of hydrogen-bond acceptors (Lipinski definition) is 2. The molecule has 2 unspecified atom stereocenters. The van der Waals surface area contributed by atoms with Crippen LogP contribution in [0.15, 0.2) is 0 Å². The molecule has 16 heavy (non-hydrogen) atoms. The molecule has 94 valence electrons. The van der Waals surface area contributed by atoms with Crippen LogP contribution in [0.3, 0.4) is 0 Å². The van der Waals surface area contributed by atoms with Gasteiger partial charge in [0.05, 0.1) is 0 Å². The normalized spacial score (nSPS) is 35.8. The van der Waals surface area contributed by atoms with Crippen LogP contribution in [0.2, 0.25) is 0 Å². The minimum absolute atomic E-state index is 0.478. The summed E-state index contributed by atoms with van der Waals surface area (Å²) in [5.74, 6) is 4.65. The lowest BCUT2D eigenvalue weighted by molar-refractivity contribution is 0.159. The molecule has 0 bridgehead atoms. The molecule has 2 atom stereocenters. The molecule has 0 saturated carbocycles. The van der Waals surface area contributed by atoms with Gasteiger partial charge in [-0.25, -0.2) is 0 Å². The zero-order chi connectivity index (χ0) is 11.4. The third kappa shape index (κ3) is 2.95. The molecular formula is C14H27NS. The zero-order valence-corrected chi connectivity index (χ0v) is 11.7. The van der Waals surface area contributed by atoms with Crippen LogP contribution in [-0.2, 0) is 0 Å². The van der Waals surface area contributed by atoms with Crippen molar-refractivity contribution >= 4 is 11.8 Å². The Morgan fingerprint density at radius 1 is 1.38 bits per heavy atom. The first kappa shape index (κ1) is 12.8. The number of hydrogen-bond donors (Lipinski definition) is 1. The molecule has 2 aliphatic rings. The van der Waals surface area contributed by atoms with Crippen LogP contribution < -0.4 is 5.32 Å². The molecule has 0 aromatic rings. The van der Waals surface area contributed by atoms with Gasteiger partial charge in [0.2, 0.25) is 0 Å². The van der Waals surface area contributed by atoms with E-state index in [9.17, 15) is 0 Å². The van der Waals surface area contributed by atoms with E-state index < -0.39 is 0 Å². The van der Waals surface area contributed by atoms with Crippen LogP contribution in [0.1, 0.15) is 52.4 Å². The third-order valence-corrected chi connectivity index (χ3v) is 5.89. The Morgan fingerprint density at radius 3 is 2.81 bits per heavy atom. The molecule has 0 radical (unpaired) electrons. The highest BCUT2D eigenvalue weighted by Crippen LogP contribution is 2.35. The van der Waals surface area contributed by atoms with Gasteiger partial charge in [-0.15, -0.1) is 0 Å². The van der Waals surface area contributed by atoms with Crippen LogP contribution in [0.4, 0.5) is 0 Å².